The number of carbonyl (C=O) groups is 1. The van der Waals surface area contributed by atoms with Crippen LogP contribution in [0, 0.1) is 0 Å². The zero-order chi connectivity index (χ0) is 15.1. The number of β-amino-alcohol motifs (C(OH)–C–C–N with tert-alkyl or cyclic N) is 1. The fourth-order valence-corrected chi connectivity index (χ4v) is 3.21. The smallest absolute Gasteiger partial charge is 0.257 e. The summed E-state index contributed by atoms with van der Waals surface area (Å²) in [6.45, 7) is 1.46. The van der Waals surface area contributed by atoms with E-state index in [1.807, 2.05) is 26.2 Å². The lowest BCUT2D eigenvalue weighted by Crippen LogP contribution is -2.37. The second-order valence-corrected chi connectivity index (χ2v) is 6.12. The molecule has 0 aromatic heterocycles. The highest BCUT2D eigenvalue weighted by atomic mass is 16.3. The summed E-state index contributed by atoms with van der Waals surface area (Å²) in [5.74, 6) is -0.381. The van der Waals surface area contributed by atoms with Gasteiger partial charge >= 0.3 is 0 Å². The molecule has 1 saturated heterocycles. The molecule has 6 heteroatoms. The number of rotatable bonds is 3. The van der Waals surface area contributed by atoms with Crippen molar-refractivity contribution in [1.82, 2.24) is 4.90 Å². The summed E-state index contributed by atoms with van der Waals surface area (Å²) in [5.41, 5.74) is 2.24. The molecule has 0 aliphatic carbocycles. The number of hydrogen-bond acceptors (Lipinski definition) is 5. The highest BCUT2D eigenvalue weighted by Crippen LogP contribution is 2.36. The third-order valence-electron chi connectivity index (χ3n) is 4.14. The Kier molecular flexibility index (Phi) is 3.61. The van der Waals surface area contributed by atoms with Crippen molar-refractivity contribution in [2.75, 3.05) is 37.4 Å². The maximum Gasteiger partial charge on any atom is 0.257 e. The van der Waals surface area contributed by atoms with Crippen LogP contribution in [0.5, 0.6) is 0 Å². The topological polar surface area (TPSA) is 76.0 Å². The number of anilines is 2. The van der Waals surface area contributed by atoms with Crippen LogP contribution >= 0.6 is 0 Å². The summed E-state index contributed by atoms with van der Waals surface area (Å²) < 4.78 is 0. The minimum atomic E-state index is -1.07. The van der Waals surface area contributed by atoms with Crippen LogP contribution < -0.4 is 10.2 Å². The van der Waals surface area contributed by atoms with Crippen molar-refractivity contribution in [3.8, 4) is 0 Å². The van der Waals surface area contributed by atoms with E-state index >= 15 is 0 Å². The summed E-state index contributed by atoms with van der Waals surface area (Å²) in [6, 6.07) is 5.81. The average molecular weight is 291 g/mol. The lowest BCUT2D eigenvalue weighted by Gasteiger charge is -2.29. The van der Waals surface area contributed by atoms with E-state index in [9.17, 15) is 15.0 Å². The van der Waals surface area contributed by atoms with Gasteiger partial charge in [0, 0.05) is 36.1 Å². The molecule has 1 fully saturated rings. The number of likely N-dealkylation sites (N-methyl/N-ethyl adjacent to an activating group) is 1. The molecule has 0 radical (unpaired) electrons. The summed E-state index contributed by atoms with van der Waals surface area (Å²) >= 11 is 0. The van der Waals surface area contributed by atoms with Gasteiger partial charge in [-0.05, 0) is 32.6 Å². The Labute approximate surface area is 124 Å². The van der Waals surface area contributed by atoms with Crippen LogP contribution in [0.4, 0.5) is 11.4 Å². The number of aliphatic hydroxyl groups is 2. The Morgan fingerprint density at radius 2 is 2.14 bits per heavy atom. The first kappa shape index (κ1) is 14.3. The van der Waals surface area contributed by atoms with Crippen molar-refractivity contribution in [2.24, 2.45) is 0 Å². The van der Waals surface area contributed by atoms with Gasteiger partial charge in [-0.3, -0.25) is 4.79 Å². The van der Waals surface area contributed by atoms with E-state index in [1.165, 1.54) is 0 Å². The van der Waals surface area contributed by atoms with Crippen LogP contribution in [0.1, 0.15) is 18.1 Å². The first-order valence-electron chi connectivity index (χ1n) is 7.18. The van der Waals surface area contributed by atoms with Gasteiger partial charge < -0.3 is 25.3 Å². The second-order valence-electron chi connectivity index (χ2n) is 6.12. The van der Waals surface area contributed by atoms with Crippen molar-refractivity contribution < 1.29 is 15.0 Å². The first-order chi connectivity index (χ1) is 9.95. The van der Waals surface area contributed by atoms with Crippen LogP contribution in [-0.4, -0.2) is 60.4 Å². The number of amides is 1. The van der Waals surface area contributed by atoms with Gasteiger partial charge in [0.2, 0.25) is 0 Å². The molecule has 1 amide bonds. The molecule has 6 nitrogen and oxygen atoms in total. The predicted octanol–water partition coefficient (Wildman–Crippen LogP) is 0.173. The molecule has 114 valence electrons. The van der Waals surface area contributed by atoms with E-state index in [-0.39, 0.29) is 18.1 Å². The molecule has 3 atom stereocenters. The first-order valence-corrected chi connectivity index (χ1v) is 7.18. The van der Waals surface area contributed by atoms with Gasteiger partial charge in [-0.15, -0.1) is 0 Å². The third-order valence-corrected chi connectivity index (χ3v) is 4.14. The third kappa shape index (κ3) is 2.62. The Morgan fingerprint density at radius 3 is 2.86 bits per heavy atom. The van der Waals surface area contributed by atoms with E-state index < -0.39 is 6.10 Å². The standard InChI is InChI=1S/C15H21N3O3/c1-17(2)7-10-5-11(19)8-18(10)9-3-4-12-13(6-9)16-15(21)14(12)20/h3-4,6,10-11,14,19-20H,5,7-8H2,1-2H3,(H,16,21). The molecule has 2 heterocycles. The summed E-state index contributed by atoms with van der Waals surface area (Å²) in [5, 5.41) is 22.4. The molecule has 0 bridgehead atoms. The molecule has 1 aromatic rings. The highest BCUT2D eigenvalue weighted by Gasteiger charge is 2.33. The zero-order valence-corrected chi connectivity index (χ0v) is 12.3. The van der Waals surface area contributed by atoms with Crippen molar-refractivity contribution in [1.29, 1.82) is 0 Å². The lowest BCUT2D eigenvalue weighted by atomic mass is 10.1. The Bertz CT molecular complexity index is 561. The van der Waals surface area contributed by atoms with Crippen LogP contribution in [0.15, 0.2) is 18.2 Å². The normalized spacial score (nSPS) is 28.1. The van der Waals surface area contributed by atoms with Crippen molar-refractivity contribution >= 4 is 17.3 Å². The molecule has 3 rings (SSSR count). The van der Waals surface area contributed by atoms with Gasteiger partial charge in [-0.2, -0.15) is 0 Å². The number of carbonyl (C=O) groups excluding carboxylic acids is 1. The van der Waals surface area contributed by atoms with E-state index in [0.29, 0.717) is 17.8 Å². The number of benzene rings is 1. The molecule has 21 heavy (non-hydrogen) atoms. The second kappa shape index (κ2) is 5.29. The molecule has 1 aromatic carbocycles. The number of fused-ring (bicyclic) bond motifs is 1. The fraction of sp³-hybridized carbons (Fsp3) is 0.533. The summed E-state index contributed by atoms with van der Waals surface area (Å²) in [6.07, 6.45) is -0.663. The van der Waals surface area contributed by atoms with Gasteiger partial charge in [0.05, 0.1) is 6.10 Å². The van der Waals surface area contributed by atoms with Crippen LogP contribution in [0.3, 0.4) is 0 Å². The zero-order valence-electron chi connectivity index (χ0n) is 12.3. The molecule has 0 saturated carbocycles. The van der Waals surface area contributed by atoms with Gasteiger partial charge in [0.15, 0.2) is 6.10 Å². The number of hydrogen-bond donors (Lipinski definition) is 3. The molecule has 2 aliphatic heterocycles. The molecule has 3 unspecified atom stereocenters. The average Bonchev–Trinajstić information content (AvgIpc) is 2.90. The van der Waals surface area contributed by atoms with Crippen molar-refractivity contribution in [2.45, 2.75) is 24.7 Å². The van der Waals surface area contributed by atoms with E-state index in [4.69, 9.17) is 0 Å². The number of aliphatic hydroxyl groups excluding tert-OH is 2. The SMILES string of the molecule is CN(C)CC1CC(O)CN1c1ccc2c(c1)NC(=O)C2O. The Morgan fingerprint density at radius 1 is 1.38 bits per heavy atom. The monoisotopic (exact) mass is 291 g/mol. The minimum absolute atomic E-state index is 0.245. The quantitative estimate of drug-likeness (QED) is 0.740. The maximum atomic E-state index is 11.5. The van der Waals surface area contributed by atoms with Crippen molar-refractivity contribution in [3.63, 3.8) is 0 Å². The van der Waals surface area contributed by atoms with E-state index in [1.54, 1.807) is 6.07 Å². The summed E-state index contributed by atoms with van der Waals surface area (Å²) in [7, 11) is 4.03. The summed E-state index contributed by atoms with van der Waals surface area (Å²) in [4.78, 5) is 15.8. The fourth-order valence-electron chi connectivity index (χ4n) is 3.21. The van der Waals surface area contributed by atoms with Gasteiger partial charge in [0.25, 0.3) is 5.91 Å². The van der Waals surface area contributed by atoms with Crippen LogP contribution in [0.2, 0.25) is 0 Å². The van der Waals surface area contributed by atoms with Gasteiger partial charge in [-0.25, -0.2) is 0 Å². The highest BCUT2D eigenvalue weighted by molar-refractivity contribution is 6.02. The predicted molar refractivity (Wildman–Crippen MR) is 80.3 cm³/mol. The molecular formula is C15H21N3O3. The molecule has 2 aliphatic rings. The largest absolute Gasteiger partial charge is 0.391 e. The molecule has 3 N–H and O–H groups in total. The van der Waals surface area contributed by atoms with Gasteiger partial charge in [0.1, 0.15) is 0 Å². The van der Waals surface area contributed by atoms with Gasteiger partial charge in [-0.1, -0.05) is 6.07 Å². The van der Waals surface area contributed by atoms with E-state index in [0.717, 1.165) is 18.7 Å². The Balaban J connectivity index is 1.87. The molecular weight excluding hydrogens is 270 g/mol. The maximum absolute atomic E-state index is 11.5. The minimum Gasteiger partial charge on any atom is -0.391 e. The lowest BCUT2D eigenvalue weighted by molar-refractivity contribution is -0.123. The van der Waals surface area contributed by atoms with E-state index in [2.05, 4.69) is 15.1 Å². The Hall–Kier alpha value is -1.63. The molecule has 0 spiro atoms. The number of nitrogens with one attached hydrogen (secondary N) is 1. The van der Waals surface area contributed by atoms with Crippen LogP contribution in [0.25, 0.3) is 0 Å². The van der Waals surface area contributed by atoms with Crippen LogP contribution in [-0.2, 0) is 4.79 Å². The number of nitrogens with zero attached hydrogens (tertiary/aromatic N) is 2. The van der Waals surface area contributed by atoms with Crippen molar-refractivity contribution in [3.05, 3.63) is 23.8 Å².